The second kappa shape index (κ2) is 7.31. The van der Waals surface area contributed by atoms with E-state index in [0.29, 0.717) is 17.9 Å². The van der Waals surface area contributed by atoms with Crippen LogP contribution in [0.1, 0.15) is 50.1 Å². The summed E-state index contributed by atoms with van der Waals surface area (Å²) in [6, 6.07) is 5.22. The molecule has 2 rings (SSSR count). The minimum atomic E-state index is -0.841. The molecule has 21 heavy (non-hydrogen) atoms. The highest BCUT2D eigenvalue weighted by atomic mass is 16.5. The molecule has 1 unspecified atom stereocenters. The number of carbonyl (C=O) groups is 1. The number of para-hydroxylation sites is 1. The van der Waals surface area contributed by atoms with Crippen LogP contribution in [0.25, 0.3) is 0 Å². The van der Waals surface area contributed by atoms with Crippen LogP contribution >= 0.6 is 0 Å². The summed E-state index contributed by atoms with van der Waals surface area (Å²) in [5.41, 5.74) is 6.96. The topological polar surface area (TPSA) is 81.8 Å². The van der Waals surface area contributed by atoms with E-state index < -0.39 is 5.97 Å². The predicted octanol–water partition coefficient (Wildman–Crippen LogP) is 2.88. The average Bonchev–Trinajstić information content (AvgIpc) is 2.98. The first-order valence-corrected chi connectivity index (χ1v) is 7.42. The van der Waals surface area contributed by atoms with Gasteiger partial charge >= 0.3 is 5.97 Å². The van der Waals surface area contributed by atoms with Crippen LogP contribution in [-0.4, -0.2) is 24.3 Å². The number of benzene rings is 1. The number of carboxylic acids is 1. The number of ether oxygens (including phenoxy) is 2. The van der Waals surface area contributed by atoms with Gasteiger partial charge in [0.05, 0.1) is 13.2 Å². The number of aliphatic carboxylic acids is 1. The Bertz CT molecular complexity index is 483. The first kappa shape index (κ1) is 15.6. The van der Waals surface area contributed by atoms with Crippen molar-refractivity contribution in [2.45, 2.75) is 50.7 Å². The van der Waals surface area contributed by atoms with Crippen molar-refractivity contribution >= 4 is 5.97 Å². The SMILES string of the molecule is COc1cccc(C(N)CCC(=O)O)c1OC1CCCC1. The Morgan fingerprint density at radius 3 is 2.76 bits per heavy atom. The highest BCUT2D eigenvalue weighted by Gasteiger charge is 2.23. The summed E-state index contributed by atoms with van der Waals surface area (Å²) >= 11 is 0. The Hall–Kier alpha value is -1.75. The lowest BCUT2D eigenvalue weighted by atomic mass is 10.0. The molecule has 1 aliphatic carbocycles. The molecule has 0 amide bonds. The van der Waals surface area contributed by atoms with Crippen LogP contribution in [-0.2, 0) is 4.79 Å². The predicted molar refractivity (Wildman–Crippen MR) is 79.7 cm³/mol. The maximum atomic E-state index is 10.7. The third-order valence-electron chi connectivity index (χ3n) is 3.88. The van der Waals surface area contributed by atoms with Crippen molar-refractivity contribution in [3.05, 3.63) is 23.8 Å². The van der Waals surface area contributed by atoms with Crippen LogP contribution < -0.4 is 15.2 Å². The number of hydrogen-bond donors (Lipinski definition) is 2. The fourth-order valence-corrected chi connectivity index (χ4v) is 2.72. The summed E-state index contributed by atoms with van der Waals surface area (Å²) in [5.74, 6) is 0.488. The minimum absolute atomic E-state index is 0.0429. The molecule has 1 aliphatic rings. The van der Waals surface area contributed by atoms with Gasteiger partial charge in [0, 0.05) is 18.0 Å². The summed E-state index contributed by atoms with van der Waals surface area (Å²) < 4.78 is 11.5. The van der Waals surface area contributed by atoms with Gasteiger partial charge in [-0.25, -0.2) is 0 Å². The van der Waals surface area contributed by atoms with Gasteiger partial charge in [-0.3, -0.25) is 4.79 Å². The van der Waals surface area contributed by atoms with E-state index in [2.05, 4.69) is 0 Å². The monoisotopic (exact) mass is 293 g/mol. The van der Waals surface area contributed by atoms with Crippen LogP contribution in [0.15, 0.2) is 18.2 Å². The standard InChI is InChI=1S/C16H23NO4/c1-20-14-8-4-7-12(13(17)9-10-15(18)19)16(14)21-11-5-2-3-6-11/h4,7-8,11,13H,2-3,5-6,9-10,17H2,1H3,(H,18,19). The van der Waals surface area contributed by atoms with E-state index in [4.69, 9.17) is 20.3 Å². The van der Waals surface area contributed by atoms with Crippen LogP contribution in [0.4, 0.5) is 0 Å². The van der Waals surface area contributed by atoms with E-state index in [-0.39, 0.29) is 18.6 Å². The summed E-state index contributed by atoms with van der Waals surface area (Å²) in [7, 11) is 1.60. The van der Waals surface area contributed by atoms with Gasteiger partial charge in [0.1, 0.15) is 0 Å². The third-order valence-corrected chi connectivity index (χ3v) is 3.88. The van der Waals surface area contributed by atoms with Gasteiger partial charge in [-0.2, -0.15) is 0 Å². The molecule has 0 aromatic heterocycles. The van der Waals surface area contributed by atoms with Gasteiger partial charge in [0.2, 0.25) is 0 Å². The first-order chi connectivity index (χ1) is 10.1. The van der Waals surface area contributed by atoms with E-state index in [1.807, 2.05) is 18.2 Å². The average molecular weight is 293 g/mol. The molecule has 5 nitrogen and oxygen atoms in total. The molecule has 0 radical (unpaired) electrons. The van der Waals surface area contributed by atoms with Crippen LogP contribution in [0.2, 0.25) is 0 Å². The van der Waals surface area contributed by atoms with Crippen LogP contribution in [0.3, 0.4) is 0 Å². The number of carboxylic acid groups (broad SMARTS) is 1. The van der Waals surface area contributed by atoms with Crippen molar-refractivity contribution in [3.8, 4) is 11.5 Å². The van der Waals surface area contributed by atoms with Gasteiger partial charge < -0.3 is 20.3 Å². The van der Waals surface area contributed by atoms with E-state index in [1.54, 1.807) is 7.11 Å². The van der Waals surface area contributed by atoms with Crippen LogP contribution in [0.5, 0.6) is 11.5 Å². The quantitative estimate of drug-likeness (QED) is 0.807. The van der Waals surface area contributed by atoms with Gasteiger partial charge in [-0.15, -0.1) is 0 Å². The van der Waals surface area contributed by atoms with E-state index in [1.165, 1.54) is 12.8 Å². The number of methoxy groups -OCH3 is 1. The summed E-state index contributed by atoms with van der Waals surface area (Å²) in [6.07, 6.45) is 5.07. The van der Waals surface area contributed by atoms with Crippen molar-refractivity contribution in [3.63, 3.8) is 0 Å². The zero-order valence-electron chi connectivity index (χ0n) is 12.4. The van der Waals surface area contributed by atoms with Crippen molar-refractivity contribution in [2.75, 3.05) is 7.11 Å². The molecule has 0 bridgehead atoms. The highest BCUT2D eigenvalue weighted by molar-refractivity contribution is 5.66. The molecular weight excluding hydrogens is 270 g/mol. The molecule has 0 spiro atoms. The van der Waals surface area contributed by atoms with Crippen molar-refractivity contribution in [1.29, 1.82) is 0 Å². The Kier molecular flexibility index (Phi) is 5.44. The van der Waals surface area contributed by atoms with E-state index in [0.717, 1.165) is 18.4 Å². The molecule has 1 saturated carbocycles. The maximum absolute atomic E-state index is 10.7. The Labute approximate surface area is 125 Å². The van der Waals surface area contributed by atoms with Crippen LogP contribution in [0, 0.1) is 0 Å². The Morgan fingerprint density at radius 2 is 2.14 bits per heavy atom. The third kappa shape index (κ3) is 4.11. The zero-order chi connectivity index (χ0) is 15.2. The molecule has 5 heteroatoms. The molecule has 1 aromatic rings. The molecule has 1 atom stereocenters. The first-order valence-electron chi connectivity index (χ1n) is 7.42. The molecule has 0 heterocycles. The summed E-state index contributed by atoms with van der Waals surface area (Å²) in [5, 5.41) is 8.80. The molecule has 0 aliphatic heterocycles. The van der Waals surface area contributed by atoms with Gasteiger partial charge in [0.15, 0.2) is 11.5 Å². The molecular formula is C16H23NO4. The Balaban J connectivity index is 2.19. The normalized spacial score (nSPS) is 16.7. The smallest absolute Gasteiger partial charge is 0.303 e. The summed E-state index contributed by atoms with van der Waals surface area (Å²) in [4.78, 5) is 10.7. The van der Waals surface area contributed by atoms with Crippen molar-refractivity contribution in [1.82, 2.24) is 0 Å². The minimum Gasteiger partial charge on any atom is -0.493 e. The van der Waals surface area contributed by atoms with Gasteiger partial charge in [-0.05, 0) is 38.2 Å². The van der Waals surface area contributed by atoms with Gasteiger partial charge in [0.25, 0.3) is 0 Å². The Morgan fingerprint density at radius 1 is 1.43 bits per heavy atom. The van der Waals surface area contributed by atoms with E-state index >= 15 is 0 Å². The molecule has 0 saturated heterocycles. The lowest BCUT2D eigenvalue weighted by Crippen LogP contribution is -2.17. The maximum Gasteiger partial charge on any atom is 0.303 e. The number of nitrogens with two attached hydrogens (primary N) is 1. The zero-order valence-corrected chi connectivity index (χ0v) is 12.4. The lowest BCUT2D eigenvalue weighted by Gasteiger charge is -2.22. The molecule has 1 aromatic carbocycles. The lowest BCUT2D eigenvalue weighted by molar-refractivity contribution is -0.137. The molecule has 116 valence electrons. The second-order valence-electron chi connectivity index (χ2n) is 5.44. The van der Waals surface area contributed by atoms with E-state index in [9.17, 15) is 4.79 Å². The fourth-order valence-electron chi connectivity index (χ4n) is 2.72. The van der Waals surface area contributed by atoms with Crippen molar-refractivity contribution < 1.29 is 19.4 Å². The van der Waals surface area contributed by atoms with Gasteiger partial charge in [-0.1, -0.05) is 12.1 Å². The number of rotatable bonds is 7. The van der Waals surface area contributed by atoms with Crippen molar-refractivity contribution in [2.24, 2.45) is 5.73 Å². The second-order valence-corrected chi connectivity index (χ2v) is 5.44. The fraction of sp³-hybridized carbons (Fsp3) is 0.562. The summed E-state index contributed by atoms with van der Waals surface area (Å²) in [6.45, 7) is 0. The largest absolute Gasteiger partial charge is 0.493 e. The number of hydrogen-bond acceptors (Lipinski definition) is 4. The highest BCUT2D eigenvalue weighted by Crippen LogP contribution is 2.38. The molecule has 1 fully saturated rings. The molecule has 3 N–H and O–H groups in total.